The van der Waals surface area contributed by atoms with E-state index in [2.05, 4.69) is 12.2 Å². The van der Waals surface area contributed by atoms with E-state index in [4.69, 9.17) is 0 Å². The fraction of sp³-hybridized carbons (Fsp3) is 0.500. The van der Waals surface area contributed by atoms with Gasteiger partial charge in [-0.1, -0.05) is 6.92 Å². The number of carbonyl (C=O) groups is 2. The van der Waals surface area contributed by atoms with Crippen molar-refractivity contribution in [2.45, 2.75) is 51.5 Å². The number of nitrogens with zero attached hydrogens (tertiary/aromatic N) is 2. The first-order chi connectivity index (χ1) is 15.8. The van der Waals surface area contributed by atoms with Crippen molar-refractivity contribution in [1.82, 2.24) is 5.32 Å². The highest BCUT2D eigenvalue weighted by molar-refractivity contribution is 7.18. The molecule has 2 fully saturated rings. The second-order valence-corrected chi connectivity index (χ2v) is 10.1. The Hall–Kier alpha value is -2.78. The fourth-order valence-corrected chi connectivity index (χ4v) is 5.86. The molecular formula is C24H29N3O5S. The van der Waals surface area contributed by atoms with Gasteiger partial charge in [0.25, 0.3) is 5.69 Å². The molecule has 1 saturated carbocycles. The first-order valence-corrected chi connectivity index (χ1v) is 12.3. The van der Waals surface area contributed by atoms with Crippen LogP contribution in [0.2, 0.25) is 0 Å². The van der Waals surface area contributed by atoms with E-state index >= 15 is 0 Å². The van der Waals surface area contributed by atoms with Gasteiger partial charge < -0.3 is 15.3 Å². The van der Waals surface area contributed by atoms with Crippen molar-refractivity contribution in [3.63, 3.8) is 0 Å². The van der Waals surface area contributed by atoms with Gasteiger partial charge in [0.05, 0.1) is 10.6 Å². The smallest absolute Gasteiger partial charge is 0.348 e. The molecular weight excluding hydrogens is 442 g/mol. The monoisotopic (exact) mass is 471 g/mol. The van der Waals surface area contributed by atoms with Crippen molar-refractivity contribution in [2.75, 3.05) is 18.0 Å². The van der Waals surface area contributed by atoms with Crippen LogP contribution in [0.4, 0.5) is 11.4 Å². The van der Waals surface area contributed by atoms with Gasteiger partial charge in [-0.3, -0.25) is 14.9 Å². The molecule has 1 aromatic carbocycles. The maximum Gasteiger partial charge on any atom is 0.348 e. The summed E-state index contributed by atoms with van der Waals surface area (Å²) in [5, 5.41) is 24.3. The summed E-state index contributed by atoms with van der Waals surface area (Å²) in [6, 6.07) is 7.80. The number of aromatic carboxylic acids is 1. The van der Waals surface area contributed by atoms with Crippen LogP contribution >= 0.6 is 11.3 Å². The zero-order valence-electron chi connectivity index (χ0n) is 18.7. The van der Waals surface area contributed by atoms with Crippen LogP contribution in [0.25, 0.3) is 10.4 Å². The summed E-state index contributed by atoms with van der Waals surface area (Å²) in [4.78, 5) is 39.1. The molecule has 4 rings (SSSR count). The van der Waals surface area contributed by atoms with Crippen LogP contribution in [0.15, 0.2) is 30.3 Å². The van der Waals surface area contributed by atoms with Gasteiger partial charge in [-0.2, -0.15) is 0 Å². The van der Waals surface area contributed by atoms with Crippen molar-refractivity contribution in [2.24, 2.45) is 11.8 Å². The molecule has 0 spiro atoms. The third-order valence-electron chi connectivity index (χ3n) is 6.81. The zero-order chi connectivity index (χ0) is 23.5. The molecule has 1 amide bonds. The average Bonchev–Trinajstić information content (AvgIpc) is 3.26. The number of hydrogen-bond donors (Lipinski definition) is 2. The van der Waals surface area contributed by atoms with Crippen LogP contribution in [0.3, 0.4) is 0 Å². The Bertz CT molecular complexity index is 1020. The summed E-state index contributed by atoms with van der Waals surface area (Å²) >= 11 is 1.11. The van der Waals surface area contributed by atoms with Crippen LogP contribution in [0, 0.1) is 22.0 Å². The van der Waals surface area contributed by atoms with E-state index in [9.17, 15) is 24.8 Å². The van der Waals surface area contributed by atoms with Gasteiger partial charge in [-0.15, -0.1) is 11.3 Å². The van der Waals surface area contributed by atoms with Crippen LogP contribution < -0.4 is 10.2 Å². The van der Waals surface area contributed by atoms with E-state index in [-0.39, 0.29) is 28.4 Å². The Balaban J connectivity index is 1.72. The van der Waals surface area contributed by atoms with E-state index in [0.717, 1.165) is 63.0 Å². The Kier molecular flexibility index (Phi) is 7.09. The highest BCUT2D eigenvalue weighted by Gasteiger charge is 2.36. The molecule has 2 aliphatic rings. The third kappa shape index (κ3) is 5.09. The summed E-state index contributed by atoms with van der Waals surface area (Å²) in [5.41, 5.74) is 1.13. The first-order valence-electron chi connectivity index (χ1n) is 11.5. The lowest BCUT2D eigenvalue weighted by atomic mass is 9.82. The number of non-ortho nitro benzene ring substituents is 1. The van der Waals surface area contributed by atoms with E-state index in [1.807, 2.05) is 0 Å². The maximum atomic E-state index is 13.8. The third-order valence-corrected chi connectivity index (χ3v) is 7.97. The minimum Gasteiger partial charge on any atom is -0.477 e. The van der Waals surface area contributed by atoms with Crippen LogP contribution in [-0.2, 0) is 4.79 Å². The lowest BCUT2D eigenvalue weighted by molar-refractivity contribution is -0.384. The molecule has 0 atom stereocenters. The van der Waals surface area contributed by atoms with Crippen molar-refractivity contribution in [3.05, 3.63) is 45.3 Å². The van der Waals surface area contributed by atoms with Crippen LogP contribution in [0.5, 0.6) is 0 Å². The number of nitrogens with one attached hydrogen (secondary N) is 1. The van der Waals surface area contributed by atoms with Gasteiger partial charge >= 0.3 is 5.97 Å². The zero-order valence-corrected chi connectivity index (χ0v) is 19.5. The second-order valence-electron chi connectivity index (χ2n) is 9.08. The fourth-order valence-electron chi connectivity index (χ4n) is 4.87. The number of carbonyl (C=O) groups excluding carboxylic acids is 1. The molecule has 2 heterocycles. The van der Waals surface area contributed by atoms with Crippen molar-refractivity contribution < 1.29 is 19.6 Å². The topological polar surface area (TPSA) is 113 Å². The summed E-state index contributed by atoms with van der Waals surface area (Å²) in [5.74, 6) is -0.497. The van der Waals surface area contributed by atoms with Gasteiger partial charge in [0.2, 0.25) is 5.91 Å². The summed E-state index contributed by atoms with van der Waals surface area (Å²) in [7, 11) is 0. The molecule has 2 N–H and O–H groups in total. The number of nitro benzene ring substituents is 1. The highest BCUT2D eigenvalue weighted by atomic mass is 32.1. The number of carboxylic acids is 1. The Labute approximate surface area is 196 Å². The van der Waals surface area contributed by atoms with Gasteiger partial charge in [-0.05, 0) is 81.3 Å². The van der Waals surface area contributed by atoms with E-state index < -0.39 is 10.9 Å². The van der Waals surface area contributed by atoms with E-state index in [1.54, 1.807) is 23.1 Å². The van der Waals surface area contributed by atoms with Crippen LogP contribution in [-0.4, -0.2) is 41.0 Å². The van der Waals surface area contributed by atoms with Crippen molar-refractivity contribution in [3.8, 4) is 10.4 Å². The molecule has 9 heteroatoms. The Morgan fingerprint density at radius 2 is 1.73 bits per heavy atom. The molecule has 0 unspecified atom stereocenters. The SMILES string of the molecule is CC1CCC(C(=O)N(c2cc(-c3ccc([N+](=O)[O-])cc3)sc2C(=O)O)C2CCNCC2)CC1. The summed E-state index contributed by atoms with van der Waals surface area (Å²) in [6.45, 7) is 3.79. The predicted octanol–water partition coefficient (Wildman–Crippen LogP) is 4.93. The molecule has 2 aromatic rings. The number of hydrogen-bond acceptors (Lipinski definition) is 6. The average molecular weight is 472 g/mol. The minimum atomic E-state index is -1.06. The standard InChI is InChI=1S/C24H29N3O5S/c1-15-2-4-17(5-3-15)23(28)26(18-10-12-25-13-11-18)20-14-21(33-22(20)24(29)30)16-6-8-19(9-7-16)27(31)32/h6-9,14-15,17-18,25H,2-5,10-13H2,1H3,(H,29,30). The number of rotatable bonds is 6. The van der Waals surface area contributed by atoms with Gasteiger partial charge in [0.1, 0.15) is 4.88 Å². The molecule has 1 aliphatic heterocycles. The number of amides is 1. The van der Waals surface area contributed by atoms with Crippen LogP contribution in [0.1, 0.15) is 55.1 Å². The lowest BCUT2D eigenvalue weighted by Gasteiger charge is -2.38. The van der Waals surface area contributed by atoms with E-state index in [0.29, 0.717) is 22.0 Å². The predicted molar refractivity (Wildman–Crippen MR) is 128 cm³/mol. The molecule has 1 aromatic heterocycles. The van der Waals surface area contributed by atoms with E-state index in [1.165, 1.54) is 12.1 Å². The number of nitro groups is 1. The first kappa shape index (κ1) is 23.4. The summed E-state index contributed by atoms with van der Waals surface area (Å²) in [6.07, 6.45) is 5.25. The number of anilines is 1. The molecule has 0 bridgehead atoms. The van der Waals surface area contributed by atoms with Crippen molar-refractivity contribution in [1.29, 1.82) is 0 Å². The van der Waals surface area contributed by atoms with Gasteiger partial charge in [0.15, 0.2) is 0 Å². The summed E-state index contributed by atoms with van der Waals surface area (Å²) < 4.78 is 0. The molecule has 33 heavy (non-hydrogen) atoms. The lowest BCUT2D eigenvalue weighted by Crippen LogP contribution is -2.49. The number of benzene rings is 1. The molecule has 1 aliphatic carbocycles. The molecule has 1 saturated heterocycles. The molecule has 8 nitrogen and oxygen atoms in total. The number of carboxylic acid groups (broad SMARTS) is 1. The molecule has 0 radical (unpaired) electrons. The normalized spacial score (nSPS) is 21.5. The Morgan fingerprint density at radius 3 is 2.30 bits per heavy atom. The number of thiophene rings is 1. The Morgan fingerprint density at radius 1 is 1.09 bits per heavy atom. The van der Waals surface area contributed by atoms with Crippen molar-refractivity contribution >= 4 is 34.6 Å². The molecule has 176 valence electrons. The number of piperidine rings is 1. The van der Waals surface area contributed by atoms with Gasteiger partial charge in [0, 0.05) is 29.0 Å². The minimum absolute atomic E-state index is 0.0213. The maximum absolute atomic E-state index is 13.8. The van der Waals surface area contributed by atoms with Gasteiger partial charge in [-0.25, -0.2) is 4.79 Å². The second kappa shape index (κ2) is 10.0. The largest absolute Gasteiger partial charge is 0.477 e. The highest BCUT2D eigenvalue weighted by Crippen LogP contribution is 2.41. The quantitative estimate of drug-likeness (QED) is 0.456.